The molecule has 2 rings (SSSR count). The third-order valence-electron chi connectivity index (χ3n) is 2.17. The number of aromatic amines is 1. The van der Waals surface area contributed by atoms with E-state index >= 15 is 0 Å². The Hall–Kier alpha value is -2.37. The largest absolute Gasteiger partial charge is 0.478 e. The molecule has 2 aromatic heterocycles. The summed E-state index contributed by atoms with van der Waals surface area (Å²) >= 11 is 0. The molecule has 0 saturated carbocycles. The fourth-order valence-corrected chi connectivity index (χ4v) is 1.40. The number of rotatable bonds is 2. The molecule has 0 aliphatic rings. The van der Waals surface area contributed by atoms with Gasteiger partial charge in [-0.15, -0.1) is 0 Å². The number of hydrogen-bond acceptors (Lipinski definition) is 4. The summed E-state index contributed by atoms with van der Waals surface area (Å²) in [6, 6.07) is 1.50. The molecule has 0 aliphatic carbocycles. The molecule has 0 radical (unpaired) electrons. The second kappa shape index (κ2) is 3.65. The summed E-state index contributed by atoms with van der Waals surface area (Å²) < 4.78 is 4.53. The number of carboxylic acids is 1. The highest BCUT2D eigenvalue weighted by atomic mass is 16.5. The summed E-state index contributed by atoms with van der Waals surface area (Å²) in [6.45, 7) is 0. The van der Waals surface area contributed by atoms with E-state index < -0.39 is 11.9 Å². The number of H-pyrrole nitrogens is 1. The van der Waals surface area contributed by atoms with E-state index in [9.17, 15) is 9.59 Å². The van der Waals surface area contributed by atoms with Crippen LogP contribution in [0.15, 0.2) is 18.5 Å². The number of fused-ring (bicyclic) bond motifs is 1. The van der Waals surface area contributed by atoms with Gasteiger partial charge in [0.25, 0.3) is 0 Å². The lowest BCUT2D eigenvalue weighted by molar-refractivity contribution is 0.0599. The summed E-state index contributed by atoms with van der Waals surface area (Å²) in [5, 5.41) is 8.84. The van der Waals surface area contributed by atoms with E-state index in [2.05, 4.69) is 14.7 Å². The predicted octanol–water partition coefficient (Wildman–Crippen LogP) is 1.05. The van der Waals surface area contributed by atoms with Crippen LogP contribution in [-0.4, -0.2) is 34.1 Å². The topological polar surface area (TPSA) is 92.3 Å². The zero-order valence-electron chi connectivity index (χ0n) is 8.35. The molecule has 2 heterocycles. The van der Waals surface area contributed by atoms with Gasteiger partial charge in [-0.3, -0.25) is 4.98 Å². The van der Waals surface area contributed by atoms with Gasteiger partial charge in [0.1, 0.15) is 11.1 Å². The van der Waals surface area contributed by atoms with E-state index in [1.165, 1.54) is 25.6 Å². The number of carboxylic acid groups (broad SMARTS) is 1. The summed E-state index contributed by atoms with van der Waals surface area (Å²) in [4.78, 5) is 28.7. The Labute approximate surface area is 89.9 Å². The highest BCUT2D eigenvalue weighted by molar-refractivity contribution is 6.02. The quantitative estimate of drug-likeness (QED) is 0.738. The van der Waals surface area contributed by atoms with Crippen molar-refractivity contribution in [2.75, 3.05) is 7.11 Å². The molecular formula is C10H8N2O4. The van der Waals surface area contributed by atoms with E-state index in [0.717, 1.165) is 0 Å². The molecule has 0 bridgehead atoms. The smallest absolute Gasteiger partial charge is 0.339 e. The van der Waals surface area contributed by atoms with Gasteiger partial charge >= 0.3 is 11.9 Å². The minimum absolute atomic E-state index is 0.0754. The van der Waals surface area contributed by atoms with Crippen molar-refractivity contribution in [2.45, 2.75) is 0 Å². The maximum absolute atomic E-state index is 11.2. The minimum atomic E-state index is -1.07. The Morgan fingerprint density at radius 2 is 2.25 bits per heavy atom. The van der Waals surface area contributed by atoms with Crippen LogP contribution in [0.3, 0.4) is 0 Å². The Morgan fingerprint density at radius 3 is 2.88 bits per heavy atom. The van der Waals surface area contributed by atoms with Gasteiger partial charge in [0.2, 0.25) is 0 Å². The first-order valence-electron chi connectivity index (χ1n) is 4.42. The SMILES string of the molecule is COC(=O)c1cnc2c(C(=O)O)c[nH]c2c1. The van der Waals surface area contributed by atoms with Gasteiger partial charge in [-0.05, 0) is 6.07 Å². The van der Waals surface area contributed by atoms with E-state index in [1.807, 2.05) is 0 Å². The van der Waals surface area contributed by atoms with Crippen molar-refractivity contribution in [2.24, 2.45) is 0 Å². The summed E-state index contributed by atoms with van der Waals surface area (Å²) in [5.41, 5.74) is 1.15. The lowest BCUT2D eigenvalue weighted by atomic mass is 10.2. The summed E-state index contributed by atoms with van der Waals surface area (Å²) in [6.07, 6.45) is 2.62. The fraction of sp³-hybridized carbons (Fsp3) is 0.100. The highest BCUT2D eigenvalue weighted by Gasteiger charge is 2.14. The lowest BCUT2D eigenvalue weighted by Crippen LogP contribution is -2.02. The van der Waals surface area contributed by atoms with Crippen LogP contribution < -0.4 is 0 Å². The van der Waals surface area contributed by atoms with E-state index in [0.29, 0.717) is 11.0 Å². The molecule has 0 unspecified atom stereocenters. The van der Waals surface area contributed by atoms with Crippen LogP contribution in [0, 0.1) is 0 Å². The maximum Gasteiger partial charge on any atom is 0.339 e. The number of hydrogen-bond donors (Lipinski definition) is 2. The van der Waals surface area contributed by atoms with Crippen LogP contribution in [0.1, 0.15) is 20.7 Å². The molecule has 6 heteroatoms. The predicted molar refractivity (Wildman–Crippen MR) is 54.4 cm³/mol. The number of nitrogens with zero attached hydrogens (tertiary/aromatic N) is 1. The molecule has 0 aliphatic heterocycles. The van der Waals surface area contributed by atoms with Crippen LogP contribution in [0.2, 0.25) is 0 Å². The Morgan fingerprint density at radius 1 is 1.50 bits per heavy atom. The monoisotopic (exact) mass is 220 g/mol. The molecule has 0 atom stereocenters. The molecule has 0 amide bonds. The molecule has 0 fully saturated rings. The molecule has 0 saturated heterocycles. The Kier molecular flexibility index (Phi) is 2.32. The molecule has 0 spiro atoms. The van der Waals surface area contributed by atoms with E-state index in [4.69, 9.17) is 5.11 Å². The first-order chi connectivity index (χ1) is 7.63. The maximum atomic E-state index is 11.2. The number of nitrogens with one attached hydrogen (secondary N) is 1. The number of carbonyl (C=O) groups excluding carboxylic acids is 1. The lowest BCUT2D eigenvalue weighted by Gasteiger charge is -1.98. The number of ether oxygens (including phenoxy) is 1. The van der Waals surface area contributed by atoms with E-state index in [-0.39, 0.29) is 11.1 Å². The van der Waals surface area contributed by atoms with Crippen molar-refractivity contribution in [3.8, 4) is 0 Å². The summed E-state index contributed by atoms with van der Waals surface area (Å²) in [7, 11) is 1.27. The van der Waals surface area contributed by atoms with Crippen molar-refractivity contribution >= 4 is 23.0 Å². The molecule has 16 heavy (non-hydrogen) atoms. The minimum Gasteiger partial charge on any atom is -0.478 e. The average molecular weight is 220 g/mol. The Bertz CT molecular complexity index is 573. The van der Waals surface area contributed by atoms with Gasteiger partial charge in [0.05, 0.1) is 18.2 Å². The van der Waals surface area contributed by atoms with Crippen molar-refractivity contribution in [3.05, 3.63) is 29.6 Å². The second-order valence-corrected chi connectivity index (χ2v) is 3.12. The number of pyridine rings is 1. The molecule has 0 aromatic carbocycles. The first-order valence-corrected chi connectivity index (χ1v) is 4.42. The van der Waals surface area contributed by atoms with Gasteiger partial charge in [0.15, 0.2) is 0 Å². The van der Waals surface area contributed by atoms with Crippen molar-refractivity contribution in [3.63, 3.8) is 0 Å². The van der Waals surface area contributed by atoms with Gasteiger partial charge < -0.3 is 14.8 Å². The highest BCUT2D eigenvalue weighted by Crippen LogP contribution is 2.17. The number of aromatic nitrogens is 2. The van der Waals surface area contributed by atoms with Crippen LogP contribution in [0.5, 0.6) is 0 Å². The number of aromatic carboxylic acids is 1. The second-order valence-electron chi connectivity index (χ2n) is 3.12. The van der Waals surface area contributed by atoms with Crippen LogP contribution >= 0.6 is 0 Å². The molecule has 2 N–H and O–H groups in total. The molecule has 6 nitrogen and oxygen atoms in total. The molecule has 82 valence electrons. The first kappa shape index (κ1) is 10.2. The van der Waals surface area contributed by atoms with Crippen molar-refractivity contribution < 1.29 is 19.4 Å². The molecule has 2 aromatic rings. The third-order valence-corrected chi connectivity index (χ3v) is 2.17. The standard InChI is InChI=1S/C10H8N2O4/c1-16-10(15)5-2-7-8(12-3-5)6(4-11-7)9(13)14/h2-4,11H,1H3,(H,13,14). The number of esters is 1. The zero-order chi connectivity index (χ0) is 11.7. The summed E-state index contributed by atoms with van der Waals surface area (Å²) in [5.74, 6) is -1.58. The normalized spacial score (nSPS) is 10.3. The molecular weight excluding hydrogens is 212 g/mol. The average Bonchev–Trinajstić information content (AvgIpc) is 2.70. The van der Waals surface area contributed by atoms with Gasteiger partial charge in [-0.25, -0.2) is 9.59 Å². The number of methoxy groups -OCH3 is 1. The van der Waals surface area contributed by atoms with Gasteiger partial charge in [-0.1, -0.05) is 0 Å². The van der Waals surface area contributed by atoms with Gasteiger partial charge in [-0.2, -0.15) is 0 Å². The van der Waals surface area contributed by atoms with E-state index in [1.54, 1.807) is 0 Å². The fourth-order valence-electron chi connectivity index (χ4n) is 1.40. The third kappa shape index (κ3) is 1.50. The zero-order valence-corrected chi connectivity index (χ0v) is 8.35. The van der Waals surface area contributed by atoms with Crippen molar-refractivity contribution in [1.82, 2.24) is 9.97 Å². The van der Waals surface area contributed by atoms with Crippen LogP contribution in [-0.2, 0) is 4.74 Å². The Balaban J connectivity index is 2.57. The van der Waals surface area contributed by atoms with Crippen LogP contribution in [0.25, 0.3) is 11.0 Å². The van der Waals surface area contributed by atoms with Gasteiger partial charge in [0, 0.05) is 12.4 Å². The van der Waals surface area contributed by atoms with Crippen molar-refractivity contribution in [1.29, 1.82) is 0 Å². The number of carbonyl (C=O) groups is 2. The van der Waals surface area contributed by atoms with Crippen LogP contribution in [0.4, 0.5) is 0 Å².